The summed E-state index contributed by atoms with van der Waals surface area (Å²) in [5.74, 6) is -1.26. The molecular weight excluding hydrogens is 639 g/mol. The third-order valence-electron chi connectivity index (χ3n) is 7.57. The lowest BCUT2D eigenvalue weighted by Crippen LogP contribution is -2.24. The number of aryl methyl sites for hydroxylation is 1. The second kappa shape index (κ2) is 17.7. The van der Waals surface area contributed by atoms with Gasteiger partial charge < -0.3 is 14.4 Å². The number of hydrogen-bond acceptors (Lipinski definition) is 8. The molecule has 0 fully saturated rings. The molecule has 0 unspecified atom stereocenters. The van der Waals surface area contributed by atoms with Crippen molar-refractivity contribution in [2.24, 2.45) is 12.1 Å². The van der Waals surface area contributed by atoms with Gasteiger partial charge in [0, 0.05) is 7.05 Å². The Morgan fingerprint density at radius 3 is 2.00 bits per heavy atom. The molecule has 0 aliphatic carbocycles. The third-order valence-corrected chi connectivity index (χ3v) is 10.8. The SMILES string of the molecule is CCCCCCCCCCCCCCCCOc1ccc(C(=O)O)cc1S(=O)(=O)NN=c1sc2ccc(S(=O)(=O)O)cc2n1C. The van der Waals surface area contributed by atoms with Crippen LogP contribution in [0.15, 0.2) is 51.3 Å². The number of sulfonamides is 1. The number of aromatic carboxylic acids is 1. The Bertz CT molecular complexity index is 1700. The number of ether oxygens (including phenoxy) is 1. The van der Waals surface area contributed by atoms with Gasteiger partial charge in [-0.15, -0.1) is 5.10 Å². The number of rotatable bonds is 21. The molecule has 0 saturated heterocycles. The Morgan fingerprint density at radius 2 is 1.44 bits per heavy atom. The first kappa shape index (κ1) is 36.5. The minimum Gasteiger partial charge on any atom is -0.492 e. The standard InChI is InChI=1S/C31H45N3O8S3/c1-3-4-5-6-7-8-9-10-11-12-13-14-15-16-21-42-27-19-17-24(30(35)36)22-29(27)44(37,38)33-32-31-34(2)26-23-25(45(39,40)41)18-20-28(26)43-31/h17-20,22-23,33H,3-16,21H2,1-2H3,(H,35,36)(H,39,40,41). The predicted octanol–water partition coefficient (Wildman–Crippen LogP) is 6.84. The molecule has 3 aromatic rings. The van der Waals surface area contributed by atoms with Crippen molar-refractivity contribution in [3.8, 4) is 5.75 Å². The van der Waals surface area contributed by atoms with Crippen LogP contribution in [0.1, 0.15) is 107 Å². The summed E-state index contributed by atoms with van der Waals surface area (Å²) in [6.07, 6.45) is 17.0. The first-order valence-electron chi connectivity index (χ1n) is 15.6. The van der Waals surface area contributed by atoms with Crippen molar-refractivity contribution in [2.75, 3.05) is 6.61 Å². The topological polar surface area (TPSA) is 164 Å². The molecule has 0 amide bonds. The maximum absolute atomic E-state index is 13.3. The highest BCUT2D eigenvalue weighted by Crippen LogP contribution is 2.26. The lowest BCUT2D eigenvalue weighted by atomic mass is 10.0. The Hall–Kier alpha value is -2.94. The second-order valence-corrected chi connectivity index (χ2v) is 15.2. The van der Waals surface area contributed by atoms with Crippen LogP contribution in [-0.2, 0) is 27.2 Å². The van der Waals surface area contributed by atoms with Crippen LogP contribution in [0.5, 0.6) is 5.75 Å². The van der Waals surface area contributed by atoms with E-state index in [2.05, 4.69) is 16.9 Å². The van der Waals surface area contributed by atoms with E-state index in [1.54, 1.807) is 7.05 Å². The van der Waals surface area contributed by atoms with Crippen molar-refractivity contribution >= 4 is 47.7 Å². The fraction of sp³-hybridized carbons (Fsp3) is 0.548. The molecule has 14 heteroatoms. The van der Waals surface area contributed by atoms with Gasteiger partial charge in [0.05, 0.1) is 27.3 Å². The quantitative estimate of drug-likeness (QED) is 0.0624. The maximum Gasteiger partial charge on any atom is 0.335 e. The minimum atomic E-state index is -4.43. The summed E-state index contributed by atoms with van der Waals surface area (Å²) in [6, 6.07) is 7.63. The Labute approximate surface area is 270 Å². The van der Waals surface area contributed by atoms with Gasteiger partial charge in [0.2, 0.25) is 4.80 Å². The molecule has 45 heavy (non-hydrogen) atoms. The van der Waals surface area contributed by atoms with E-state index in [1.807, 2.05) is 0 Å². The zero-order valence-electron chi connectivity index (χ0n) is 26.0. The number of thiazole rings is 1. The van der Waals surface area contributed by atoms with Crippen LogP contribution in [0, 0.1) is 0 Å². The molecule has 1 heterocycles. The number of nitrogens with one attached hydrogen (secondary N) is 1. The van der Waals surface area contributed by atoms with Gasteiger partial charge >= 0.3 is 5.97 Å². The number of unbranched alkanes of at least 4 members (excludes halogenated alkanes) is 13. The van der Waals surface area contributed by atoms with E-state index >= 15 is 0 Å². The number of nitrogens with zero attached hydrogens (tertiary/aromatic N) is 2. The predicted molar refractivity (Wildman–Crippen MR) is 176 cm³/mol. The summed E-state index contributed by atoms with van der Waals surface area (Å²) < 4.78 is 66.8. The van der Waals surface area contributed by atoms with Crippen molar-refractivity contribution in [3.63, 3.8) is 0 Å². The van der Waals surface area contributed by atoms with Crippen molar-refractivity contribution in [2.45, 2.75) is 107 Å². The van der Waals surface area contributed by atoms with E-state index in [9.17, 15) is 31.3 Å². The van der Waals surface area contributed by atoms with Gasteiger partial charge in [-0.3, -0.25) is 4.55 Å². The number of carboxylic acid groups (broad SMARTS) is 1. The summed E-state index contributed by atoms with van der Waals surface area (Å²) in [6.45, 7) is 2.52. The normalized spacial score (nSPS) is 12.6. The van der Waals surface area contributed by atoms with Crippen LogP contribution in [-0.4, -0.2) is 43.6 Å². The summed E-state index contributed by atoms with van der Waals surface area (Å²) >= 11 is 1.09. The number of aromatic nitrogens is 1. The molecule has 0 aliphatic rings. The lowest BCUT2D eigenvalue weighted by Gasteiger charge is -2.12. The summed E-state index contributed by atoms with van der Waals surface area (Å²) in [5, 5.41) is 13.4. The van der Waals surface area contributed by atoms with Crippen molar-refractivity contribution in [1.82, 2.24) is 9.40 Å². The van der Waals surface area contributed by atoms with Crippen LogP contribution in [0.4, 0.5) is 0 Å². The van der Waals surface area contributed by atoms with Crippen LogP contribution in [0.25, 0.3) is 10.2 Å². The van der Waals surface area contributed by atoms with Crippen LogP contribution in [0.2, 0.25) is 0 Å². The smallest absolute Gasteiger partial charge is 0.335 e. The first-order chi connectivity index (χ1) is 21.4. The number of benzene rings is 2. The van der Waals surface area contributed by atoms with E-state index < -0.39 is 26.1 Å². The number of hydrogen-bond donors (Lipinski definition) is 3. The van der Waals surface area contributed by atoms with Gasteiger partial charge in [-0.05, 0) is 42.8 Å². The molecule has 1 aromatic heterocycles. The van der Waals surface area contributed by atoms with E-state index in [1.165, 1.54) is 99.1 Å². The monoisotopic (exact) mass is 683 g/mol. The molecule has 0 saturated carbocycles. The average molecular weight is 684 g/mol. The van der Waals surface area contributed by atoms with Crippen molar-refractivity contribution in [3.05, 3.63) is 46.8 Å². The molecule has 3 rings (SSSR count). The minimum absolute atomic E-state index is 0.0240. The zero-order valence-corrected chi connectivity index (χ0v) is 28.5. The summed E-state index contributed by atoms with van der Waals surface area (Å²) in [4.78, 5) is 13.3. The van der Waals surface area contributed by atoms with Gasteiger partial charge in [-0.1, -0.05) is 102 Å². The van der Waals surface area contributed by atoms with Gasteiger partial charge in [0.1, 0.15) is 10.6 Å². The van der Waals surface area contributed by atoms with E-state index in [0.29, 0.717) is 10.2 Å². The van der Waals surface area contributed by atoms with E-state index in [0.717, 1.165) is 43.1 Å². The highest BCUT2D eigenvalue weighted by Gasteiger charge is 2.22. The molecular formula is C31H45N3O8S3. The molecule has 11 nitrogen and oxygen atoms in total. The molecule has 250 valence electrons. The van der Waals surface area contributed by atoms with Gasteiger partial charge in [0.15, 0.2) is 0 Å². The van der Waals surface area contributed by atoms with Crippen molar-refractivity contribution < 1.29 is 36.0 Å². The summed E-state index contributed by atoms with van der Waals surface area (Å²) in [5.41, 5.74) is 0.197. The Balaban J connectivity index is 1.55. The Kier molecular flexibility index (Phi) is 14.3. The third kappa shape index (κ3) is 11.4. The molecule has 0 spiro atoms. The number of fused-ring (bicyclic) bond motifs is 1. The lowest BCUT2D eigenvalue weighted by molar-refractivity contribution is 0.0696. The zero-order chi connectivity index (χ0) is 32.9. The van der Waals surface area contributed by atoms with Gasteiger partial charge in [-0.25, -0.2) is 4.79 Å². The van der Waals surface area contributed by atoms with Crippen LogP contribution >= 0.6 is 11.3 Å². The largest absolute Gasteiger partial charge is 0.492 e. The van der Waals surface area contributed by atoms with Crippen LogP contribution < -0.4 is 14.4 Å². The molecule has 0 bridgehead atoms. The van der Waals surface area contributed by atoms with Crippen molar-refractivity contribution in [1.29, 1.82) is 0 Å². The van der Waals surface area contributed by atoms with Crippen LogP contribution in [0.3, 0.4) is 0 Å². The Morgan fingerprint density at radius 1 is 0.867 bits per heavy atom. The highest BCUT2D eigenvalue weighted by atomic mass is 32.2. The highest BCUT2D eigenvalue weighted by molar-refractivity contribution is 7.89. The second-order valence-electron chi connectivity index (χ2n) is 11.2. The van der Waals surface area contributed by atoms with Gasteiger partial charge in [-0.2, -0.15) is 21.7 Å². The molecule has 3 N–H and O–H groups in total. The van der Waals surface area contributed by atoms with Gasteiger partial charge in [0.25, 0.3) is 20.1 Å². The molecule has 0 radical (unpaired) electrons. The number of carbonyl (C=O) groups is 1. The first-order valence-corrected chi connectivity index (χ1v) is 19.3. The van der Waals surface area contributed by atoms with E-state index in [-0.39, 0.29) is 32.5 Å². The number of carboxylic acids is 1. The van der Waals surface area contributed by atoms with E-state index in [4.69, 9.17) is 4.74 Å². The maximum atomic E-state index is 13.3. The average Bonchev–Trinajstić information content (AvgIpc) is 3.32. The molecule has 0 atom stereocenters. The molecule has 2 aromatic carbocycles. The fourth-order valence-electron chi connectivity index (χ4n) is 4.97. The fourth-order valence-corrected chi connectivity index (χ4v) is 7.47. The summed E-state index contributed by atoms with van der Waals surface area (Å²) in [7, 11) is -7.21. The molecule has 0 aliphatic heterocycles.